The zero-order chi connectivity index (χ0) is 19.7. The second-order valence-electron chi connectivity index (χ2n) is 5.71. The van der Waals surface area contributed by atoms with E-state index in [9.17, 15) is 0 Å². The third-order valence-corrected chi connectivity index (χ3v) is 5.70. The number of halogens is 3. The Labute approximate surface area is 179 Å². The van der Waals surface area contributed by atoms with E-state index in [1.54, 1.807) is 30.5 Å². The number of nitrogens with zero attached hydrogens (tertiary/aromatic N) is 4. The van der Waals surface area contributed by atoms with Gasteiger partial charge in [0.1, 0.15) is 6.26 Å². The van der Waals surface area contributed by atoms with Gasteiger partial charge < -0.3 is 10.3 Å². The molecule has 142 valence electrons. The number of thioether (sulfide) groups is 1. The van der Waals surface area contributed by atoms with Crippen LogP contribution in [0.2, 0.25) is 15.1 Å². The van der Waals surface area contributed by atoms with Crippen molar-refractivity contribution in [2.45, 2.75) is 10.9 Å². The summed E-state index contributed by atoms with van der Waals surface area (Å²) in [7, 11) is 0. The summed E-state index contributed by atoms with van der Waals surface area (Å²) in [6.07, 6.45) is 1.58. The van der Waals surface area contributed by atoms with Gasteiger partial charge in [-0.2, -0.15) is 0 Å². The molecule has 0 saturated carbocycles. The Kier molecular flexibility index (Phi) is 5.50. The van der Waals surface area contributed by atoms with Crippen LogP contribution in [-0.4, -0.2) is 19.9 Å². The Balaban J connectivity index is 1.51. The molecular formula is C18H12Cl3N5OS. The molecular weight excluding hydrogens is 441 g/mol. The fraction of sp³-hybridized carbons (Fsp3) is 0.0556. The van der Waals surface area contributed by atoms with E-state index < -0.39 is 0 Å². The van der Waals surface area contributed by atoms with Crippen molar-refractivity contribution in [3.63, 3.8) is 0 Å². The molecule has 2 heterocycles. The van der Waals surface area contributed by atoms with Gasteiger partial charge in [-0.1, -0.05) is 58.7 Å². The third-order valence-electron chi connectivity index (χ3n) is 3.84. The summed E-state index contributed by atoms with van der Waals surface area (Å²) >= 11 is 19.7. The summed E-state index contributed by atoms with van der Waals surface area (Å²) in [6, 6.07) is 12.5. The maximum Gasteiger partial charge on any atom is 0.227 e. The van der Waals surface area contributed by atoms with Crippen LogP contribution in [-0.2, 0) is 5.75 Å². The molecule has 0 aliphatic carbocycles. The Morgan fingerprint density at radius 1 is 1.00 bits per heavy atom. The molecule has 0 aliphatic heterocycles. The smallest absolute Gasteiger partial charge is 0.227 e. The van der Waals surface area contributed by atoms with Crippen LogP contribution in [0.3, 0.4) is 0 Å². The minimum atomic E-state index is 0.445. The standard InChI is InChI=1S/C18H12Cl3N5OS/c19-10-5-6-12(15(21)7-10)16-24-25-18(26(16)22)28-9-11-8-27-17(23-11)13-3-1-2-4-14(13)20/h1-8H,9,22H2. The first-order valence-electron chi connectivity index (χ1n) is 8.01. The van der Waals surface area contributed by atoms with E-state index in [0.717, 1.165) is 11.3 Å². The molecule has 2 N–H and O–H groups in total. The normalized spacial score (nSPS) is 11.1. The van der Waals surface area contributed by atoms with Crippen molar-refractivity contribution >= 4 is 46.6 Å². The van der Waals surface area contributed by atoms with Crippen LogP contribution in [0, 0.1) is 0 Å². The lowest BCUT2D eigenvalue weighted by atomic mass is 10.2. The van der Waals surface area contributed by atoms with Crippen molar-refractivity contribution < 1.29 is 4.42 Å². The maximum absolute atomic E-state index is 6.23. The Hall–Kier alpha value is -2.19. The number of aromatic nitrogens is 4. The lowest BCUT2D eigenvalue weighted by Crippen LogP contribution is -2.11. The number of nitrogen functional groups attached to an aromatic ring is 1. The number of hydrogen-bond acceptors (Lipinski definition) is 6. The van der Waals surface area contributed by atoms with Crippen LogP contribution in [0.4, 0.5) is 0 Å². The van der Waals surface area contributed by atoms with E-state index in [1.807, 2.05) is 18.2 Å². The molecule has 0 saturated heterocycles. The topological polar surface area (TPSA) is 82.8 Å². The molecule has 0 fully saturated rings. The van der Waals surface area contributed by atoms with Gasteiger partial charge in [0.05, 0.1) is 21.3 Å². The van der Waals surface area contributed by atoms with Crippen LogP contribution < -0.4 is 5.84 Å². The van der Waals surface area contributed by atoms with E-state index in [0.29, 0.717) is 43.3 Å². The predicted octanol–water partition coefficient (Wildman–Crippen LogP) is 5.57. The van der Waals surface area contributed by atoms with Gasteiger partial charge in [0.15, 0.2) is 5.82 Å². The summed E-state index contributed by atoms with van der Waals surface area (Å²) in [5.74, 6) is 7.55. The van der Waals surface area contributed by atoms with Crippen LogP contribution in [0.5, 0.6) is 0 Å². The van der Waals surface area contributed by atoms with Gasteiger partial charge >= 0.3 is 0 Å². The average Bonchev–Trinajstić information content (AvgIpc) is 3.28. The average molecular weight is 453 g/mol. The van der Waals surface area contributed by atoms with Crippen LogP contribution in [0.25, 0.3) is 22.8 Å². The van der Waals surface area contributed by atoms with Crippen molar-refractivity contribution in [2.75, 3.05) is 5.84 Å². The highest BCUT2D eigenvalue weighted by molar-refractivity contribution is 7.98. The molecule has 28 heavy (non-hydrogen) atoms. The van der Waals surface area contributed by atoms with E-state index in [1.165, 1.54) is 16.4 Å². The Bertz CT molecular complexity index is 1140. The molecule has 2 aromatic heterocycles. The van der Waals surface area contributed by atoms with Crippen molar-refractivity contribution in [3.05, 3.63) is 69.5 Å². The quantitative estimate of drug-likeness (QED) is 0.315. The van der Waals surface area contributed by atoms with Crippen molar-refractivity contribution in [1.82, 2.24) is 19.9 Å². The monoisotopic (exact) mass is 451 g/mol. The van der Waals surface area contributed by atoms with Gasteiger partial charge in [-0.15, -0.1) is 10.2 Å². The fourth-order valence-electron chi connectivity index (χ4n) is 2.50. The molecule has 0 amide bonds. The first kappa shape index (κ1) is 19.1. The van der Waals surface area contributed by atoms with E-state index in [-0.39, 0.29) is 0 Å². The van der Waals surface area contributed by atoms with Crippen LogP contribution >= 0.6 is 46.6 Å². The minimum Gasteiger partial charge on any atom is -0.444 e. The zero-order valence-corrected chi connectivity index (χ0v) is 17.2. The summed E-state index contributed by atoms with van der Waals surface area (Å²) in [6.45, 7) is 0. The number of benzene rings is 2. The molecule has 10 heteroatoms. The van der Waals surface area contributed by atoms with Gasteiger partial charge in [-0.3, -0.25) is 0 Å². The molecule has 0 aliphatic rings. The lowest BCUT2D eigenvalue weighted by Gasteiger charge is -2.05. The molecule has 0 atom stereocenters. The largest absolute Gasteiger partial charge is 0.444 e. The molecule has 0 radical (unpaired) electrons. The molecule has 0 bridgehead atoms. The highest BCUT2D eigenvalue weighted by Crippen LogP contribution is 2.31. The summed E-state index contributed by atoms with van der Waals surface area (Å²) in [4.78, 5) is 4.47. The van der Waals surface area contributed by atoms with Crippen LogP contribution in [0.1, 0.15) is 5.69 Å². The fourth-order valence-corrected chi connectivity index (χ4v) is 3.94. The van der Waals surface area contributed by atoms with Gasteiger partial charge in [0.25, 0.3) is 0 Å². The van der Waals surface area contributed by atoms with Crippen molar-refractivity contribution in [2.24, 2.45) is 0 Å². The van der Waals surface area contributed by atoms with E-state index in [2.05, 4.69) is 15.2 Å². The maximum atomic E-state index is 6.23. The molecule has 0 spiro atoms. The van der Waals surface area contributed by atoms with Gasteiger partial charge in [0.2, 0.25) is 11.0 Å². The second kappa shape index (κ2) is 8.05. The highest BCUT2D eigenvalue weighted by atomic mass is 35.5. The van der Waals surface area contributed by atoms with E-state index >= 15 is 0 Å². The molecule has 0 unspecified atom stereocenters. The van der Waals surface area contributed by atoms with Gasteiger partial charge in [-0.05, 0) is 30.3 Å². The van der Waals surface area contributed by atoms with Crippen molar-refractivity contribution in [3.8, 4) is 22.8 Å². The summed E-state index contributed by atoms with van der Waals surface area (Å²) < 4.78 is 6.92. The molecule has 4 rings (SSSR count). The first-order valence-corrected chi connectivity index (χ1v) is 10.1. The lowest BCUT2D eigenvalue weighted by molar-refractivity contribution is 0.573. The SMILES string of the molecule is Nn1c(SCc2coc(-c3ccccc3Cl)n2)nnc1-c1ccc(Cl)cc1Cl. The number of oxazole rings is 1. The summed E-state index contributed by atoms with van der Waals surface area (Å²) in [5, 5.41) is 10.3. The molecule has 6 nitrogen and oxygen atoms in total. The Morgan fingerprint density at radius 2 is 1.82 bits per heavy atom. The van der Waals surface area contributed by atoms with Crippen LogP contribution in [0.15, 0.2) is 58.3 Å². The number of nitrogens with two attached hydrogens (primary N) is 1. The zero-order valence-electron chi connectivity index (χ0n) is 14.1. The van der Waals surface area contributed by atoms with Gasteiger partial charge in [-0.25, -0.2) is 9.66 Å². The second-order valence-corrected chi connectivity index (χ2v) is 7.91. The highest BCUT2D eigenvalue weighted by Gasteiger charge is 2.16. The van der Waals surface area contributed by atoms with Crippen molar-refractivity contribution in [1.29, 1.82) is 0 Å². The number of hydrogen-bond donors (Lipinski definition) is 1. The number of rotatable bonds is 5. The first-order chi connectivity index (χ1) is 13.5. The third kappa shape index (κ3) is 3.84. The molecule has 2 aromatic carbocycles. The summed E-state index contributed by atoms with van der Waals surface area (Å²) in [5.41, 5.74) is 2.12. The molecule has 4 aromatic rings. The van der Waals surface area contributed by atoms with Gasteiger partial charge in [0, 0.05) is 16.3 Å². The Morgan fingerprint density at radius 3 is 2.61 bits per heavy atom. The predicted molar refractivity (Wildman–Crippen MR) is 112 cm³/mol. The minimum absolute atomic E-state index is 0.445. The van der Waals surface area contributed by atoms with E-state index in [4.69, 9.17) is 45.1 Å².